The van der Waals surface area contributed by atoms with E-state index in [-0.39, 0.29) is 18.9 Å². The van der Waals surface area contributed by atoms with Crippen molar-refractivity contribution in [2.45, 2.75) is 6.42 Å². The molecule has 0 unspecified atom stereocenters. The zero-order chi connectivity index (χ0) is 11.0. The molecule has 1 aromatic carbocycles. The minimum atomic E-state index is -1.02. The van der Waals surface area contributed by atoms with Gasteiger partial charge in [0.2, 0.25) is 5.91 Å². The Kier molecular flexibility index (Phi) is 2.07. The summed E-state index contributed by atoms with van der Waals surface area (Å²) in [6.45, 7) is -0.296. The van der Waals surface area contributed by atoms with E-state index in [9.17, 15) is 9.59 Å². The van der Waals surface area contributed by atoms with E-state index in [1.165, 1.54) is 4.90 Å². The average molecular weight is 206 g/mol. The van der Waals surface area contributed by atoms with Crippen LogP contribution in [0.3, 0.4) is 0 Å². The molecule has 1 aromatic rings. The van der Waals surface area contributed by atoms with Gasteiger partial charge in [-0.25, -0.2) is 0 Å². The van der Waals surface area contributed by atoms with Crippen molar-refractivity contribution in [2.75, 3.05) is 17.2 Å². The first kappa shape index (κ1) is 9.51. The van der Waals surface area contributed by atoms with Gasteiger partial charge in [-0.3, -0.25) is 9.59 Å². The fraction of sp³-hybridized carbons (Fsp3) is 0.200. The molecule has 1 heterocycles. The third-order valence-corrected chi connectivity index (χ3v) is 2.33. The Hall–Kier alpha value is -2.04. The molecular weight excluding hydrogens is 196 g/mol. The van der Waals surface area contributed by atoms with Crippen molar-refractivity contribution in [1.29, 1.82) is 0 Å². The summed E-state index contributed by atoms with van der Waals surface area (Å²) in [6.07, 6.45) is 0.230. The molecule has 78 valence electrons. The van der Waals surface area contributed by atoms with E-state index >= 15 is 0 Å². The summed E-state index contributed by atoms with van der Waals surface area (Å²) in [6, 6.07) is 5.04. The number of nitrogens with two attached hydrogens (primary N) is 1. The maximum absolute atomic E-state index is 11.5. The lowest BCUT2D eigenvalue weighted by molar-refractivity contribution is -0.136. The van der Waals surface area contributed by atoms with Crippen LogP contribution in [-0.2, 0) is 16.0 Å². The molecule has 1 aliphatic heterocycles. The van der Waals surface area contributed by atoms with Crippen molar-refractivity contribution in [1.82, 2.24) is 0 Å². The quantitative estimate of drug-likeness (QED) is 0.679. The monoisotopic (exact) mass is 206 g/mol. The molecule has 0 bridgehead atoms. The number of carbonyl (C=O) groups is 2. The van der Waals surface area contributed by atoms with Crippen LogP contribution in [0.4, 0.5) is 11.4 Å². The molecule has 0 fully saturated rings. The van der Waals surface area contributed by atoms with Crippen molar-refractivity contribution in [2.24, 2.45) is 0 Å². The summed E-state index contributed by atoms with van der Waals surface area (Å²) in [5, 5.41) is 8.65. The Morgan fingerprint density at radius 1 is 1.53 bits per heavy atom. The molecule has 1 amide bonds. The van der Waals surface area contributed by atoms with Gasteiger partial charge in [0, 0.05) is 11.4 Å². The van der Waals surface area contributed by atoms with Crippen LogP contribution in [0.25, 0.3) is 0 Å². The number of nitrogens with zero attached hydrogens (tertiary/aromatic N) is 1. The molecular formula is C10H10N2O3. The lowest BCUT2D eigenvalue weighted by atomic mass is 10.1. The minimum absolute atomic E-state index is 0.196. The molecule has 0 aromatic heterocycles. The highest BCUT2D eigenvalue weighted by Gasteiger charge is 2.28. The number of carbonyl (C=O) groups excluding carboxylic acids is 1. The number of carboxylic acid groups (broad SMARTS) is 1. The molecule has 1 aliphatic rings. The fourth-order valence-electron chi connectivity index (χ4n) is 1.71. The van der Waals surface area contributed by atoms with Gasteiger partial charge in [-0.2, -0.15) is 0 Å². The highest BCUT2D eigenvalue weighted by atomic mass is 16.4. The number of nitrogen functional groups attached to an aromatic ring is 1. The highest BCUT2D eigenvalue weighted by Crippen LogP contribution is 2.29. The Morgan fingerprint density at radius 3 is 2.93 bits per heavy atom. The molecule has 0 atom stereocenters. The summed E-state index contributed by atoms with van der Waals surface area (Å²) in [4.78, 5) is 23.3. The first-order valence-corrected chi connectivity index (χ1v) is 4.48. The number of hydrogen-bond acceptors (Lipinski definition) is 3. The van der Waals surface area contributed by atoms with Crippen LogP contribution in [0, 0.1) is 0 Å². The lowest BCUT2D eigenvalue weighted by Gasteiger charge is -2.14. The molecule has 0 saturated carbocycles. The van der Waals surface area contributed by atoms with Crippen LogP contribution in [0.1, 0.15) is 5.56 Å². The minimum Gasteiger partial charge on any atom is -0.480 e. The van der Waals surface area contributed by atoms with Crippen LogP contribution in [0.2, 0.25) is 0 Å². The molecule has 5 heteroatoms. The fourth-order valence-corrected chi connectivity index (χ4v) is 1.71. The van der Waals surface area contributed by atoms with Gasteiger partial charge in [0.05, 0.1) is 6.42 Å². The first-order chi connectivity index (χ1) is 7.08. The SMILES string of the molecule is Nc1ccc2c(c1)CC(=O)N2CC(=O)O. The van der Waals surface area contributed by atoms with E-state index in [1.54, 1.807) is 18.2 Å². The number of hydrogen-bond donors (Lipinski definition) is 2. The molecule has 2 rings (SSSR count). The van der Waals surface area contributed by atoms with Gasteiger partial charge in [-0.05, 0) is 23.8 Å². The molecule has 15 heavy (non-hydrogen) atoms. The predicted octanol–water partition coefficient (Wildman–Crippen LogP) is 0.242. The zero-order valence-corrected chi connectivity index (χ0v) is 7.93. The number of carboxylic acids is 1. The highest BCUT2D eigenvalue weighted by molar-refractivity contribution is 6.04. The van der Waals surface area contributed by atoms with Crippen molar-refractivity contribution in [3.63, 3.8) is 0 Å². The van der Waals surface area contributed by atoms with Crippen molar-refractivity contribution < 1.29 is 14.7 Å². The van der Waals surface area contributed by atoms with Crippen molar-refractivity contribution >= 4 is 23.3 Å². The normalized spacial score (nSPS) is 14.1. The van der Waals surface area contributed by atoms with E-state index in [1.807, 2.05) is 0 Å². The molecule has 5 nitrogen and oxygen atoms in total. The molecule has 0 aliphatic carbocycles. The second kappa shape index (κ2) is 3.27. The smallest absolute Gasteiger partial charge is 0.323 e. The van der Waals surface area contributed by atoms with Crippen LogP contribution in [-0.4, -0.2) is 23.5 Å². The van der Waals surface area contributed by atoms with Gasteiger partial charge in [-0.15, -0.1) is 0 Å². The van der Waals surface area contributed by atoms with Crippen LogP contribution < -0.4 is 10.6 Å². The summed E-state index contributed by atoms with van der Waals surface area (Å²) < 4.78 is 0. The van der Waals surface area contributed by atoms with Gasteiger partial charge >= 0.3 is 5.97 Å². The second-order valence-corrected chi connectivity index (χ2v) is 3.44. The number of anilines is 2. The number of rotatable bonds is 2. The Balaban J connectivity index is 2.37. The van der Waals surface area contributed by atoms with E-state index in [0.29, 0.717) is 11.4 Å². The van der Waals surface area contributed by atoms with Crippen LogP contribution >= 0.6 is 0 Å². The summed E-state index contributed by atoms with van der Waals surface area (Å²) in [5.41, 5.74) is 7.60. The maximum atomic E-state index is 11.5. The first-order valence-electron chi connectivity index (χ1n) is 4.48. The van der Waals surface area contributed by atoms with Crippen LogP contribution in [0.15, 0.2) is 18.2 Å². The number of benzene rings is 1. The standard InChI is InChI=1S/C10H10N2O3/c11-7-1-2-8-6(3-7)4-9(13)12(8)5-10(14)15/h1-3H,4-5,11H2,(H,14,15). The second-order valence-electron chi connectivity index (χ2n) is 3.44. The van der Waals surface area contributed by atoms with Crippen molar-refractivity contribution in [3.05, 3.63) is 23.8 Å². The number of aliphatic carboxylic acids is 1. The maximum Gasteiger partial charge on any atom is 0.323 e. The van der Waals surface area contributed by atoms with Gasteiger partial charge < -0.3 is 15.7 Å². The topological polar surface area (TPSA) is 83.6 Å². The molecule has 0 radical (unpaired) electrons. The van der Waals surface area contributed by atoms with Crippen LogP contribution in [0.5, 0.6) is 0 Å². The lowest BCUT2D eigenvalue weighted by Crippen LogP contribution is -2.32. The Morgan fingerprint density at radius 2 is 2.27 bits per heavy atom. The summed E-state index contributed by atoms with van der Waals surface area (Å²) >= 11 is 0. The molecule has 0 saturated heterocycles. The molecule has 3 N–H and O–H groups in total. The van der Waals surface area contributed by atoms with E-state index in [2.05, 4.69) is 0 Å². The van der Waals surface area contributed by atoms with Gasteiger partial charge in [0.1, 0.15) is 6.54 Å². The van der Waals surface area contributed by atoms with Gasteiger partial charge in [0.25, 0.3) is 0 Å². The Labute approximate surface area is 86.1 Å². The summed E-state index contributed by atoms with van der Waals surface area (Å²) in [5.74, 6) is -1.22. The average Bonchev–Trinajstić information content (AvgIpc) is 2.41. The number of fused-ring (bicyclic) bond motifs is 1. The molecule has 0 spiro atoms. The largest absolute Gasteiger partial charge is 0.480 e. The van der Waals surface area contributed by atoms with E-state index < -0.39 is 5.97 Å². The third kappa shape index (κ3) is 1.63. The third-order valence-electron chi connectivity index (χ3n) is 2.33. The number of amides is 1. The Bertz CT molecular complexity index is 442. The van der Waals surface area contributed by atoms with Gasteiger partial charge in [0.15, 0.2) is 0 Å². The zero-order valence-electron chi connectivity index (χ0n) is 7.93. The summed E-state index contributed by atoms with van der Waals surface area (Å²) in [7, 11) is 0. The predicted molar refractivity (Wildman–Crippen MR) is 54.5 cm³/mol. The van der Waals surface area contributed by atoms with Gasteiger partial charge in [-0.1, -0.05) is 0 Å². The van der Waals surface area contributed by atoms with E-state index in [0.717, 1.165) is 5.56 Å². The van der Waals surface area contributed by atoms with E-state index in [4.69, 9.17) is 10.8 Å². The van der Waals surface area contributed by atoms with Crippen molar-refractivity contribution in [3.8, 4) is 0 Å².